The summed E-state index contributed by atoms with van der Waals surface area (Å²) >= 11 is 0. The van der Waals surface area contributed by atoms with E-state index in [0.717, 1.165) is 12.8 Å². The molecule has 0 unspecified atom stereocenters. The first kappa shape index (κ1) is 25.9. The van der Waals surface area contributed by atoms with E-state index in [1.807, 2.05) is 51.1 Å². The molecule has 1 aliphatic heterocycles. The van der Waals surface area contributed by atoms with E-state index in [-0.39, 0.29) is 29.2 Å². The molecule has 0 aliphatic carbocycles. The van der Waals surface area contributed by atoms with Gasteiger partial charge in [0.1, 0.15) is 40.6 Å². The highest BCUT2D eigenvalue weighted by Crippen LogP contribution is 2.26. The van der Waals surface area contributed by atoms with Gasteiger partial charge in [-0.3, -0.25) is 4.79 Å². The number of para-hydroxylation sites is 1. The Kier molecular flexibility index (Phi) is 7.91. The number of carbonyl (C=O) groups excluding carboxylic acids is 2. The second-order valence-electron chi connectivity index (χ2n) is 10.1. The molecule has 1 atom stereocenters. The van der Waals surface area contributed by atoms with Gasteiger partial charge in [-0.1, -0.05) is 18.2 Å². The van der Waals surface area contributed by atoms with E-state index in [4.69, 9.17) is 15.2 Å². The zero-order valence-electron chi connectivity index (χ0n) is 21.4. The first-order valence-corrected chi connectivity index (χ1v) is 12.4. The molecule has 1 fully saturated rings. The number of anilines is 2. The van der Waals surface area contributed by atoms with Gasteiger partial charge in [0.25, 0.3) is 0 Å². The molecular weight excluding hydrogens is 470 g/mol. The van der Waals surface area contributed by atoms with Gasteiger partial charge in [0.2, 0.25) is 0 Å². The summed E-state index contributed by atoms with van der Waals surface area (Å²) in [5.41, 5.74) is 6.24. The van der Waals surface area contributed by atoms with Crippen LogP contribution in [0.5, 0.6) is 11.5 Å². The molecule has 37 heavy (non-hydrogen) atoms. The standard InChI is InChI=1S/C28H33N5O4/c1-28(2,3)37-27(35)33-15-7-8-19(17-33)16-30-26-23(25(29)31-18-32-26)24(34)20-11-13-22(14-12-20)36-21-9-5-4-6-10-21/h4-6,9-14,18-19H,7-8,15-17H2,1-3H3,(H3,29,30,31,32)/t19-/m0/s1. The predicted molar refractivity (Wildman–Crippen MR) is 142 cm³/mol. The van der Waals surface area contributed by atoms with Crippen LogP contribution in [0.1, 0.15) is 49.5 Å². The lowest BCUT2D eigenvalue weighted by Crippen LogP contribution is -2.44. The lowest BCUT2D eigenvalue weighted by Gasteiger charge is -2.34. The van der Waals surface area contributed by atoms with Crippen LogP contribution in [0.4, 0.5) is 16.4 Å². The molecule has 1 aromatic heterocycles. The van der Waals surface area contributed by atoms with Crippen LogP contribution in [0.15, 0.2) is 60.9 Å². The van der Waals surface area contributed by atoms with Crippen molar-refractivity contribution in [3.05, 3.63) is 72.1 Å². The number of amides is 1. The summed E-state index contributed by atoms with van der Waals surface area (Å²) in [6.07, 6.45) is 2.85. The van der Waals surface area contributed by atoms with Gasteiger partial charge in [0.15, 0.2) is 5.78 Å². The number of likely N-dealkylation sites (tertiary alicyclic amines) is 1. The Hall–Kier alpha value is -4.14. The third kappa shape index (κ3) is 6.97. The zero-order valence-corrected chi connectivity index (χ0v) is 21.4. The van der Waals surface area contributed by atoms with Gasteiger partial charge in [0.05, 0.1) is 0 Å². The van der Waals surface area contributed by atoms with Crippen molar-refractivity contribution < 1.29 is 19.1 Å². The largest absolute Gasteiger partial charge is 0.457 e. The number of nitrogen functional groups attached to an aromatic ring is 1. The number of ketones is 1. The molecule has 194 valence electrons. The van der Waals surface area contributed by atoms with Gasteiger partial charge in [-0.05, 0) is 75.9 Å². The number of carbonyl (C=O) groups is 2. The van der Waals surface area contributed by atoms with Crippen molar-refractivity contribution in [1.82, 2.24) is 14.9 Å². The lowest BCUT2D eigenvalue weighted by molar-refractivity contribution is 0.0172. The van der Waals surface area contributed by atoms with Crippen LogP contribution >= 0.6 is 0 Å². The second kappa shape index (κ2) is 11.3. The number of benzene rings is 2. The van der Waals surface area contributed by atoms with Crippen molar-refractivity contribution in [3.8, 4) is 11.5 Å². The Morgan fingerprint density at radius 2 is 1.76 bits per heavy atom. The molecule has 0 spiro atoms. The molecule has 9 heteroatoms. The minimum atomic E-state index is -0.540. The number of nitrogens with one attached hydrogen (secondary N) is 1. The number of nitrogens with two attached hydrogens (primary N) is 1. The minimum absolute atomic E-state index is 0.103. The summed E-state index contributed by atoms with van der Waals surface area (Å²) in [6, 6.07) is 16.3. The smallest absolute Gasteiger partial charge is 0.410 e. The van der Waals surface area contributed by atoms with Gasteiger partial charge in [-0.2, -0.15) is 0 Å². The average molecular weight is 504 g/mol. The molecule has 3 aromatic rings. The van der Waals surface area contributed by atoms with Crippen LogP contribution in [0.25, 0.3) is 0 Å². The van der Waals surface area contributed by atoms with Gasteiger partial charge in [0, 0.05) is 25.2 Å². The molecule has 3 N–H and O–H groups in total. The first-order chi connectivity index (χ1) is 17.7. The van der Waals surface area contributed by atoms with Crippen LogP contribution in [0, 0.1) is 5.92 Å². The monoisotopic (exact) mass is 503 g/mol. The maximum Gasteiger partial charge on any atom is 0.410 e. The summed E-state index contributed by atoms with van der Waals surface area (Å²) in [5, 5.41) is 3.27. The average Bonchev–Trinajstić information content (AvgIpc) is 2.87. The summed E-state index contributed by atoms with van der Waals surface area (Å²) in [4.78, 5) is 35.9. The Morgan fingerprint density at radius 1 is 1.05 bits per heavy atom. The number of rotatable bonds is 7. The fraction of sp³-hybridized carbons (Fsp3) is 0.357. The van der Waals surface area contributed by atoms with Crippen molar-refractivity contribution in [2.24, 2.45) is 5.92 Å². The molecule has 1 amide bonds. The van der Waals surface area contributed by atoms with Gasteiger partial charge in [-0.15, -0.1) is 0 Å². The molecule has 0 bridgehead atoms. The molecule has 1 aliphatic rings. The summed E-state index contributed by atoms with van der Waals surface area (Å²) < 4.78 is 11.3. The summed E-state index contributed by atoms with van der Waals surface area (Å²) in [6.45, 7) is 7.33. The maximum absolute atomic E-state index is 13.4. The molecule has 2 aromatic carbocycles. The van der Waals surface area contributed by atoms with Crippen molar-refractivity contribution in [2.45, 2.75) is 39.2 Å². The second-order valence-corrected chi connectivity index (χ2v) is 10.1. The van der Waals surface area contributed by atoms with Gasteiger partial charge >= 0.3 is 6.09 Å². The fourth-order valence-electron chi connectivity index (χ4n) is 4.17. The van der Waals surface area contributed by atoms with Crippen LogP contribution in [-0.4, -0.2) is 52.0 Å². The number of piperidine rings is 1. The third-order valence-electron chi connectivity index (χ3n) is 5.93. The Labute approximate surface area is 217 Å². The van der Waals surface area contributed by atoms with E-state index < -0.39 is 5.60 Å². The Bertz CT molecular complexity index is 1230. The summed E-state index contributed by atoms with van der Waals surface area (Å²) in [7, 11) is 0. The van der Waals surface area contributed by atoms with E-state index >= 15 is 0 Å². The molecule has 4 rings (SSSR count). The predicted octanol–water partition coefficient (Wildman–Crippen LogP) is 5.14. The molecular formula is C28H33N5O4. The van der Waals surface area contributed by atoms with E-state index in [0.29, 0.717) is 42.5 Å². The Balaban J connectivity index is 1.42. The third-order valence-corrected chi connectivity index (χ3v) is 5.93. The highest BCUT2D eigenvalue weighted by atomic mass is 16.6. The van der Waals surface area contributed by atoms with Crippen LogP contribution in [0.3, 0.4) is 0 Å². The van der Waals surface area contributed by atoms with E-state index in [1.165, 1.54) is 6.33 Å². The summed E-state index contributed by atoms with van der Waals surface area (Å²) in [5.74, 6) is 1.69. The van der Waals surface area contributed by atoms with E-state index in [2.05, 4.69) is 15.3 Å². The minimum Gasteiger partial charge on any atom is -0.457 e. The molecule has 2 heterocycles. The topological polar surface area (TPSA) is 120 Å². The van der Waals surface area contributed by atoms with E-state index in [9.17, 15) is 9.59 Å². The lowest BCUT2D eigenvalue weighted by atomic mass is 9.98. The highest BCUT2D eigenvalue weighted by Gasteiger charge is 2.28. The number of hydrogen-bond donors (Lipinski definition) is 2. The molecule has 0 saturated carbocycles. The number of nitrogens with zero attached hydrogens (tertiary/aromatic N) is 3. The van der Waals surface area contributed by atoms with Crippen LogP contribution in [0.2, 0.25) is 0 Å². The van der Waals surface area contributed by atoms with Crippen LogP contribution in [-0.2, 0) is 4.74 Å². The molecule has 1 saturated heterocycles. The fourth-order valence-corrected chi connectivity index (χ4v) is 4.17. The van der Waals surface area contributed by atoms with Crippen molar-refractivity contribution >= 4 is 23.5 Å². The van der Waals surface area contributed by atoms with Gasteiger partial charge < -0.3 is 25.4 Å². The first-order valence-electron chi connectivity index (χ1n) is 12.4. The SMILES string of the molecule is CC(C)(C)OC(=O)N1CCC[C@@H](CNc2ncnc(N)c2C(=O)c2ccc(Oc3ccccc3)cc2)C1. The number of ether oxygens (including phenoxy) is 2. The highest BCUT2D eigenvalue weighted by molar-refractivity contribution is 6.14. The van der Waals surface area contributed by atoms with Crippen LogP contribution < -0.4 is 15.8 Å². The van der Waals surface area contributed by atoms with Gasteiger partial charge in [-0.25, -0.2) is 14.8 Å². The number of aromatic nitrogens is 2. The number of hydrogen-bond acceptors (Lipinski definition) is 8. The van der Waals surface area contributed by atoms with Crippen molar-refractivity contribution in [1.29, 1.82) is 0 Å². The zero-order chi connectivity index (χ0) is 26.4. The maximum atomic E-state index is 13.4. The molecule has 0 radical (unpaired) electrons. The molecule has 9 nitrogen and oxygen atoms in total. The van der Waals surface area contributed by atoms with Crippen molar-refractivity contribution in [3.63, 3.8) is 0 Å². The normalized spacial score (nSPS) is 15.6. The quantitative estimate of drug-likeness (QED) is 0.425. The Morgan fingerprint density at radius 3 is 2.46 bits per heavy atom. The van der Waals surface area contributed by atoms with Crippen molar-refractivity contribution in [2.75, 3.05) is 30.7 Å². The van der Waals surface area contributed by atoms with E-state index in [1.54, 1.807) is 29.2 Å².